The maximum absolute atomic E-state index is 11.9. The minimum Gasteiger partial charge on any atom is -0.466 e. The van der Waals surface area contributed by atoms with E-state index in [0.717, 1.165) is 57.5 Å². The van der Waals surface area contributed by atoms with E-state index < -0.39 is 0 Å². The lowest BCUT2D eigenvalue weighted by molar-refractivity contribution is -0.143. The molecule has 2 rings (SSSR count). The summed E-state index contributed by atoms with van der Waals surface area (Å²) in [6, 6.07) is 0.488. The van der Waals surface area contributed by atoms with Gasteiger partial charge in [0.25, 0.3) is 0 Å². The highest BCUT2D eigenvalue weighted by Gasteiger charge is 2.37. The number of hydrogen-bond acceptors (Lipinski definition) is 6. The van der Waals surface area contributed by atoms with Crippen LogP contribution in [0, 0.1) is 0 Å². The number of carbonyl (C=O) groups is 2. The number of rotatable bonds is 15. The van der Waals surface area contributed by atoms with Gasteiger partial charge in [-0.25, -0.2) is 4.79 Å². The molecule has 3 unspecified atom stereocenters. The number of nitrogens with zero attached hydrogens (tertiary/aromatic N) is 2. The average molecular weight is 443 g/mol. The fourth-order valence-electron chi connectivity index (χ4n) is 4.09. The van der Waals surface area contributed by atoms with Crippen molar-refractivity contribution in [3.05, 3.63) is 0 Å². The van der Waals surface area contributed by atoms with Crippen LogP contribution < -0.4 is 10.6 Å². The molecule has 0 aromatic carbocycles. The first-order valence-electron chi connectivity index (χ1n) is 11.6. The average Bonchev–Trinajstić information content (AvgIpc) is 3.06. The van der Waals surface area contributed by atoms with Crippen molar-refractivity contribution in [2.24, 2.45) is 0 Å². The van der Waals surface area contributed by atoms with Crippen molar-refractivity contribution in [3.8, 4) is 0 Å². The lowest BCUT2D eigenvalue weighted by Gasteiger charge is -2.30. The molecule has 0 aromatic heterocycles. The fraction of sp³-hybridized carbons (Fsp3) is 0.909. The summed E-state index contributed by atoms with van der Waals surface area (Å²) in [6.45, 7) is 4.00. The lowest BCUT2D eigenvalue weighted by atomic mass is 10.0. The second kappa shape index (κ2) is 14.1. The number of hydrogen-bond donors (Lipinski definition) is 2. The van der Waals surface area contributed by atoms with E-state index in [4.69, 9.17) is 4.74 Å². The van der Waals surface area contributed by atoms with Crippen molar-refractivity contribution in [2.45, 2.75) is 75.1 Å². The molecule has 0 radical (unpaired) electrons. The van der Waals surface area contributed by atoms with Gasteiger partial charge in [0.05, 0.1) is 18.7 Å². The summed E-state index contributed by atoms with van der Waals surface area (Å²) in [5.74, 6) is 0.898. The van der Waals surface area contributed by atoms with E-state index in [-0.39, 0.29) is 24.1 Å². The van der Waals surface area contributed by atoms with E-state index in [2.05, 4.69) is 41.6 Å². The summed E-state index contributed by atoms with van der Waals surface area (Å²) in [4.78, 5) is 28.0. The van der Waals surface area contributed by atoms with Crippen molar-refractivity contribution in [1.29, 1.82) is 0 Å². The van der Waals surface area contributed by atoms with E-state index in [1.165, 1.54) is 19.3 Å². The molecule has 7 nitrogen and oxygen atoms in total. The number of urea groups is 1. The summed E-state index contributed by atoms with van der Waals surface area (Å²) < 4.78 is 5.39. The van der Waals surface area contributed by atoms with Crippen molar-refractivity contribution in [2.75, 3.05) is 53.1 Å². The molecule has 2 aliphatic heterocycles. The SMILES string of the molecule is CN(C)CCCN(C)CCCCCCOC(=O)CCCC1CC2NC(=O)NC2CS1. The van der Waals surface area contributed by atoms with Gasteiger partial charge in [0.15, 0.2) is 0 Å². The summed E-state index contributed by atoms with van der Waals surface area (Å²) >= 11 is 1.92. The molecule has 2 saturated heterocycles. The van der Waals surface area contributed by atoms with Gasteiger partial charge in [-0.05, 0) is 79.3 Å². The molecule has 8 heteroatoms. The zero-order valence-corrected chi connectivity index (χ0v) is 20.0. The number of ether oxygens (including phenoxy) is 1. The Bertz CT molecular complexity index is 521. The predicted molar refractivity (Wildman–Crippen MR) is 124 cm³/mol. The quantitative estimate of drug-likeness (QED) is 0.300. The van der Waals surface area contributed by atoms with Crippen LogP contribution >= 0.6 is 11.8 Å². The Hall–Kier alpha value is -0.990. The Morgan fingerprint density at radius 3 is 2.53 bits per heavy atom. The monoisotopic (exact) mass is 442 g/mol. The van der Waals surface area contributed by atoms with Crippen LogP contribution in [-0.2, 0) is 9.53 Å². The molecular formula is C22H42N4O3S. The molecule has 30 heavy (non-hydrogen) atoms. The van der Waals surface area contributed by atoms with Crippen LogP contribution in [0.15, 0.2) is 0 Å². The molecule has 174 valence electrons. The van der Waals surface area contributed by atoms with Gasteiger partial charge in [0.1, 0.15) is 0 Å². The zero-order valence-electron chi connectivity index (χ0n) is 19.2. The maximum Gasteiger partial charge on any atom is 0.315 e. The Morgan fingerprint density at radius 2 is 1.73 bits per heavy atom. The first kappa shape index (κ1) is 25.3. The molecule has 3 atom stereocenters. The van der Waals surface area contributed by atoms with Gasteiger partial charge in [-0.15, -0.1) is 0 Å². The normalized spacial score (nSPS) is 23.4. The third kappa shape index (κ3) is 10.4. The van der Waals surface area contributed by atoms with E-state index in [9.17, 15) is 9.59 Å². The minimum absolute atomic E-state index is 0.0400. The third-order valence-electron chi connectivity index (χ3n) is 5.90. The van der Waals surface area contributed by atoms with Crippen LogP contribution in [0.1, 0.15) is 57.8 Å². The van der Waals surface area contributed by atoms with Gasteiger partial charge < -0.3 is 25.2 Å². The van der Waals surface area contributed by atoms with Crippen molar-refractivity contribution >= 4 is 23.8 Å². The van der Waals surface area contributed by atoms with Gasteiger partial charge in [-0.2, -0.15) is 11.8 Å². The highest BCUT2D eigenvalue weighted by molar-refractivity contribution is 8.00. The smallest absolute Gasteiger partial charge is 0.315 e. The van der Waals surface area contributed by atoms with Crippen LogP contribution in [0.25, 0.3) is 0 Å². The van der Waals surface area contributed by atoms with Gasteiger partial charge in [-0.3, -0.25) is 4.79 Å². The molecule has 2 fully saturated rings. The van der Waals surface area contributed by atoms with Gasteiger partial charge in [0, 0.05) is 17.4 Å². The number of carbonyl (C=O) groups excluding carboxylic acids is 2. The second-order valence-corrected chi connectivity index (χ2v) is 10.3. The first-order chi connectivity index (χ1) is 14.4. The molecule has 0 aliphatic carbocycles. The van der Waals surface area contributed by atoms with Crippen LogP contribution in [0.5, 0.6) is 0 Å². The second-order valence-electron chi connectivity index (χ2n) is 9.01. The molecule has 2 aliphatic rings. The third-order valence-corrected chi connectivity index (χ3v) is 7.35. The lowest BCUT2D eigenvalue weighted by Crippen LogP contribution is -2.42. The molecular weight excluding hydrogens is 400 g/mol. The molecule has 2 heterocycles. The predicted octanol–water partition coefficient (Wildman–Crippen LogP) is 2.70. The van der Waals surface area contributed by atoms with Crippen LogP contribution in [-0.4, -0.2) is 92.3 Å². The fourth-order valence-corrected chi connectivity index (χ4v) is 5.56. The molecule has 0 spiro atoms. The number of thioether (sulfide) groups is 1. The maximum atomic E-state index is 11.9. The molecule has 0 saturated carbocycles. The number of fused-ring (bicyclic) bond motifs is 1. The highest BCUT2D eigenvalue weighted by atomic mass is 32.2. The van der Waals surface area contributed by atoms with E-state index in [1.54, 1.807) is 0 Å². The molecule has 2 amide bonds. The van der Waals surface area contributed by atoms with Crippen molar-refractivity contribution < 1.29 is 14.3 Å². The number of esters is 1. The van der Waals surface area contributed by atoms with Crippen LogP contribution in [0.3, 0.4) is 0 Å². The molecule has 2 N–H and O–H groups in total. The van der Waals surface area contributed by atoms with Crippen LogP contribution in [0.4, 0.5) is 4.79 Å². The van der Waals surface area contributed by atoms with Crippen LogP contribution in [0.2, 0.25) is 0 Å². The van der Waals surface area contributed by atoms with Gasteiger partial charge >= 0.3 is 12.0 Å². The molecule has 0 bridgehead atoms. The Balaban J connectivity index is 1.38. The van der Waals surface area contributed by atoms with Gasteiger partial charge in [0.2, 0.25) is 0 Å². The van der Waals surface area contributed by atoms with E-state index in [1.807, 2.05) is 11.8 Å². The number of unbranched alkanes of at least 4 members (excludes halogenated alkanes) is 3. The van der Waals surface area contributed by atoms with Gasteiger partial charge in [-0.1, -0.05) is 12.8 Å². The highest BCUT2D eigenvalue weighted by Crippen LogP contribution is 2.31. The summed E-state index contributed by atoms with van der Waals surface area (Å²) in [5, 5.41) is 6.48. The van der Waals surface area contributed by atoms with Crippen molar-refractivity contribution in [3.63, 3.8) is 0 Å². The van der Waals surface area contributed by atoms with E-state index in [0.29, 0.717) is 18.3 Å². The van der Waals surface area contributed by atoms with Crippen molar-refractivity contribution in [1.82, 2.24) is 20.4 Å². The standard InChI is InChI=1S/C22H42N4O3S/c1-25(2)12-9-14-26(3)13-6-4-5-7-15-29-21(27)11-8-10-18-16-19-20(17-30-18)24-22(28)23-19/h18-20H,4-17H2,1-3H3,(H2,23,24,28). The number of amides is 2. The first-order valence-corrected chi connectivity index (χ1v) is 12.7. The van der Waals surface area contributed by atoms with E-state index >= 15 is 0 Å². The zero-order chi connectivity index (χ0) is 21.8. The summed E-state index contributed by atoms with van der Waals surface area (Å²) in [7, 11) is 6.43. The molecule has 0 aromatic rings. The largest absolute Gasteiger partial charge is 0.466 e. The number of nitrogens with one attached hydrogen (secondary N) is 2. The Kier molecular flexibility index (Phi) is 11.9. The Labute approximate surface area is 187 Å². The summed E-state index contributed by atoms with van der Waals surface area (Å²) in [5.41, 5.74) is 0. The summed E-state index contributed by atoms with van der Waals surface area (Å²) in [6.07, 6.45) is 9.10. The minimum atomic E-state index is -0.0647. The topological polar surface area (TPSA) is 73.9 Å². The Morgan fingerprint density at radius 1 is 1.00 bits per heavy atom.